The van der Waals surface area contributed by atoms with E-state index in [-0.39, 0.29) is 5.56 Å². The standard InChI is InChI=1S/C18H23ClN2O3S/c1-23-8-3-7-21-17(22)15-6-5-14(19)10-16(15)20-18(21)25-12-13-4-2-9-24-11-13/h5-6,10,13H,2-4,7-9,11-12H2,1H3/t13-/m0/s1. The number of hydrogen-bond donors (Lipinski definition) is 0. The Bertz CT molecular complexity index is 775. The summed E-state index contributed by atoms with van der Waals surface area (Å²) in [5.41, 5.74) is 0.642. The highest BCUT2D eigenvalue weighted by atomic mass is 35.5. The summed E-state index contributed by atoms with van der Waals surface area (Å²) in [5, 5.41) is 1.95. The fraction of sp³-hybridized carbons (Fsp3) is 0.556. The molecule has 5 nitrogen and oxygen atoms in total. The van der Waals surface area contributed by atoms with Crippen molar-refractivity contribution in [3.63, 3.8) is 0 Å². The Labute approximate surface area is 156 Å². The van der Waals surface area contributed by atoms with Crippen LogP contribution >= 0.6 is 23.4 Å². The number of benzene rings is 1. The van der Waals surface area contributed by atoms with Gasteiger partial charge in [-0.3, -0.25) is 9.36 Å². The maximum atomic E-state index is 12.9. The van der Waals surface area contributed by atoms with Crippen LogP contribution in [0.5, 0.6) is 0 Å². The normalized spacial score (nSPS) is 17.9. The third-order valence-corrected chi connectivity index (χ3v) is 5.76. The molecule has 2 aromatic rings. The molecule has 1 saturated heterocycles. The Kier molecular flexibility index (Phi) is 6.76. The predicted molar refractivity (Wildman–Crippen MR) is 102 cm³/mol. The minimum absolute atomic E-state index is 0.0137. The van der Waals surface area contributed by atoms with Crippen LogP contribution in [0.1, 0.15) is 19.3 Å². The second-order valence-corrected chi connectivity index (χ2v) is 7.68. The lowest BCUT2D eigenvalue weighted by atomic mass is 10.1. The molecule has 0 aliphatic carbocycles. The van der Waals surface area contributed by atoms with Crippen LogP contribution in [-0.4, -0.2) is 42.2 Å². The summed E-state index contributed by atoms with van der Waals surface area (Å²) in [6, 6.07) is 5.24. The van der Waals surface area contributed by atoms with Gasteiger partial charge in [-0.25, -0.2) is 4.98 Å². The first-order valence-electron chi connectivity index (χ1n) is 8.58. The zero-order chi connectivity index (χ0) is 17.6. The van der Waals surface area contributed by atoms with Crippen LogP contribution < -0.4 is 5.56 Å². The van der Waals surface area contributed by atoms with Crippen LogP contribution in [0.4, 0.5) is 0 Å². The summed E-state index contributed by atoms with van der Waals surface area (Å²) in [4.78, 5) is 17.6. The number of nitrogens with zero attached hydrogens (tertiary/aromatic N) is 2. The Morgan fingerprint density at radius 1 is 1.48 bits per heavy atom. The van der Waals surface area contributed by atoms with Crippen LogP contribution in [-0.2, 0) is 16.0 Å². The Balaban J connectivity index is 1.88. The number of aromatic nitrogens is 2. The molecule has 2 heterocycles. The van der Waals surface area contributed by atoms with Crippen molar-refractivity contribution in [2.75, 3.05) is 32.7 Å². The van der Waals surface area contributed by atoms with E-state index >= 15 is 0 Å². The second kappa shape index (κ2) is 9.03. The SMILES string of the molecule is COCCCn1c(SC[C@H]2CCCOC2)nc2cc(Cl)ccc2c1=O. The van der Waals surface area contributed by atoms with E-state index in [2.05, 4.69) is 0 Å². The van der Waals surface area contributed by atoms with Crippen molar-refractivity contribution in [3.05, 3.63) is 33.6 Å². The molecule has 0 spiro atoms. The number of hydrogen-bond acceptors (Lipinski definition) is 5. The molecule has 1 fully saturated rings. The Morgan fingerprint density at radius 3 is 3.12 bits per heavy atom. The van der Waals surface area contributed by atoms with Gasteiger partial charge < -0.3 is 9.47 Å². The minimum Gasteiger partial charge on any atom is -0.385 e. The maximum absolute atomic E-state index is 12.9. The van der Waals surface area contributed by atoms with Gasteiger partial charge in [0.05, 0.1) is 17.5 Å². The molecule has 1 aliphatic rings. The number of halogens is 1. The monoisotopic (exact) mass is 382 g/mol. The minimum atomic E-state index is -0.0137. The van der Waals surface area contributed by atoms with Crippen LogP contribution in [0.3, 0.4) is 0 Å². The molecule has 1 aliphatic heterocycles. The van der Waals surface area contributed by atoms with E-state index in [0.29, 0.717) is 35.0 Å². The van der Waals surface area contributed by atoms with E-state index in [0.717, 1.165) is 37.0 Å². The fourth-order valence-corrected chi connectivity index (χ4v) is 4.29. The van der Waals surface area contributed by atoms with E-state index < -0.39 is 0 Å². The average molecular weight is 383 g/mol. The second-order valence-electron chi connectivity index (χ2n) is 6.25. The molecule has 1 aromatic carbocycles. The van der Waals surface area contributed by atoms with Gasteiger partial charge in [0.15, 0.2) is 5.16 Å². The van der Waals surface area contributed by atoms with Crippen molar-refractivity contribution < 1.29 is 9.47 Å². The van der Waals surface area contributed by atoms with Crippen molar-refractivity contribution in [2.24, 2.45) is 5.92 Å². The number of ether oxygens (including phenoxy) is 2. The summed E-state index contributed by atoms with van der Waals surface area (Å²) in [6.45, 7) is 2.86. The van der Waals surface area contributed by atoms with Crippen molar-refractivity contribution in [2.45, 2.75) is 31.0 Å². The molecule has 3 rings (SSSR count). The van der Waals surface area contributed by atoms with E-state index in [1.165, 1.54) is 6.42 Å². The maximum Gasteiger partial charge on any atom is 0.262 e. The van der Waals surface area contributed by atoms with Gasteiger partial charge in [0.2, 0.25) is 0 Å². The molecular formula is C18H23ClN2O3S. The lowest BCUT2D eigenvalue weighted by Crippen LogP contribution is -2.25. The van der Waals surface area contributed by atoms with Crippen LogP contribution in [0, 0.1) is 5.92 Å². The van der Waals surface area contributed by atoms with Gasteiger partial charge >= 0.3 is 0 Å². The molecule has 25 heavy (non-hydrogen) atoms. The summed E-state index contributed by atoms with van der Waals surface area (Å²) in [7, 11) is 1.67. The zero-order valence-corrected chi connectivity index (χ0v) is 15.9. The number of methoxy groups -OCH3 is 1. The topological polar surface area (TPSA) is 53.4 Å². The van der Waals surface area contributed by atoms with E-state index in [1.807, 2.05) is 0 Å². The first kappa shape index (κ1) is 18.7. The number of rotatable bonds is 7. The van der Waals surface area contributed by atoms with Crippen molar-refractivity contribution >= 4 is 34.3 Å². The summed E-state index contributed by atoms with van der Waals surface area (Å²) >= 11 is 7.71. The van der Waals surface area contributed by atoms with Crippen molar-refractivity contribution in [3.8, 4) is 0 Å². The molecular weight excluding hydrogens is 360 g/mol. The third-order valence-electron chi connectivity index (χ3n) is 4.32. The quantitative estimate of drug-likeness (QED) is 0.416. The van der Waals surface area contributed by atoms with Crippen LogP contribution in [0.15, 0.2) is 28.2 Å². The van der Waals surface area contributed by atoms with Gasteiger partial charge in [0, 0.05) is 37.6 Å². The molecule has 0 amide bonds. The Morgan fingerprint density at radius 2 is 2.36 bits per heavy atom. The highest BCUT2D eigenvalue weighted by Crippen LogP contribution is 2.25. The van der Waals surface area contributed by atoms with Gasteiger partial charge in [-0.1, -0.05) is 23.4 Å². The first-order chi connectivity index (χ1) is 12.2. The number of thioether (sulfide) groups is 1. The lowest BCUT2D eigenvalue weighted by molar-refractivity contribution is 0.0632. The Hall–Kier alpha value is -1.08. The van der Waals surface area contributed by atoms with Gasteiger partial charge in [-0.05, 0) is 43.4 Å². The van der Waals surface area contributed by atoms with E-state index in [9.17, 15) is 4.79 Å². The predicted octanol–water partition coefficient (Wildman–Crippen LogP) is 3.61. The molecule has 0 saturated carbocycles. The van der Waals surface area contributed by atoms with Crippen LogP contribution in [0.2, 0.25) is 5.02 Å². The molecule has 1 atom stereocenters. The average Bonchev–Trinajstić information content (AvgIpc) is 2.63. The number of fused-ring (bicyclic) bond motifs is 1. The highest BCUT2D eigenvalue weighted by Gasteiger charge is 2.17. The van der Waals surface area contributed by atoms with Crippen LogP contribution in [0.25, 0.3) is 10.9 Å². The lowest BCUT2D eigenvalue weighted by Gasteiger charge is -2.22. The fourth-order valence-electron chi connectivity index (χ4n) is 2.98. The molecule has 0 unspecified atom stereocenters. The highest BCUT2D eigenvalue weighted by molar-refractivity contribution is 7.99. The van der Waals surface area contributed by atoms with Crippen molar-refractivity contribution in [1.82, 2.24) is 9.55 Å². The van der Waals surface area contributed by atoms with E-state index in [1.54, 1.807) is 41.6 Å². The molecule has 0 bridgehead atoms. The zero-order valence-electron chi connectivity index (χ0n) is 14.4. The molecule has 1 aromatic heterocycles. The molecule has 136 valence electrons. The van der Waals surface area contributed by atoms with Gasteiger partial charge in [-0.15, -0.1) is 0 Å². The largest absolute Gasteiger partial charge is 0.385 e. The van der Waals surface area contributed by atoms with E-state index in [4.69, 9.17) is 26.1 Å². The molecule has 0 N–H and O–H groups in total. The van der Waals surface area contributed by atoms with Crippen molar-refractivity contribution in [1.29, 1.82) is 0 Å². The third kappa shape index (κ3) is 4.76. The molecule has 0 radical (unpaired) electrons. The molecule has 7 heteroatoms. The van der Waals surface area contributed by atoms with Gasteiger partial charge in [0.1, 0.15) is 0 Å². The van der Waals surface area contributed by atoms with Gasteiger partial charge in [-0.2, -0.15) is 0 Å². The summed E-state index contributed by atoms with van der Waals surface area (Å²) in [6.07, 6.45) is 3.05. The van der Waals surface area contributed by atoms with Gasteiger partial charge in [0.25, 0.3) is 5.56 Å². The summed E-state index contributed by atoms with van der Waals surface area (Å²) in [5.74, 6) is 1.42. The first-order valence-corrected chi connectivity index (χ1v) is 9.95. The smallest absolute Gasteiger partial charge is 0.262 e. The summed E-state index contributed by atoms with van der Waals surface area (Å²) < 4.78 is 12.4.